The van der Waals surface area contributed by atoms with Gasteiger partial charge < -0.3 is 9.63 Å². The molecule has 1 heterocycles. The molecular weight excluding hydrogens is 170 g/mol. The Bertz CT molecular complexity index is 338. The average molecular weight is 181 g/mol. The molecule has 0 radical (unpaired) electrons. The zero-order chi connectivity index (χ0) is 9.84. The topological polar surface area (TPSA) is 63.3 Å². The van der Waals surface area contributed by atoms with Gasteiger partial charge in [-0.3, -0.25) is 0 Å². The quantitative estimate of drug-likeness (QED) is 0.776. The minimum Gasteiger partial charge on any atom is -0.476 e. The van der Waals surface area contributed by atoms with Crippen molar-refractivity contribution >= 4 is 11.5 Å². The first-order valence-corrected chi connectivity index (χ1v) is 4.04. The smallest absolute Gasteiger partial charge is 0.358 e. The fourth-order valence-electron chi connectivity index (χ4n) is 1.05. The normalized spacial score (nSPS) is 11.7. The number of carbonyl (C=O) groups is 1. The lowest BCUT2D eigenvalue weighted by Crippen LogP contribution is -1.94. The maximum Gasteiger partial charge on any atom is 0.358 e. The number of aromatic carboxylic acids is 1. The van der Waals surface area contributed by atoms with Crippen molar-refractivity contribution in [2.24, 2.45) is 0 Å². The van der Waals surface area contributed by atoms with Crippen LogP contribution in [0.15, 0.2) is 16.7 Å². The molecule has 0 bridgehead atoms. The third kappa shape index (κ3) is 1.96. The van der Waals surface area contributed by atoms with E-state index < -0.39 is 5.97 Å². The molecule has 1 aromatic heterocycles. The van der Waals surface area contributed by atoms with Crippen LogP contribution in [0.3, 0.4) is 0 Å². The Labute approximate surface area is 75.9 Å². The summed E-state index contributed by atoms with van der Waals surface area (Å²) in [7, 11) is 0. The Hall–Kier alpha value is -1.58. The third-order valence-corrected chi connectivity index (χ3v) is 1.78. The van der Waals surface area contributed by atoms with E-state index in [1.807, 2.05) is 19.9 Å². The molecule has 1 N–H and O–H groups in total. The summed E-state index contributed by atoms with van der Waals surface area (Å²) in [6.45, 7) is 3.85. The lowest BCUT2D eigenvalue weighted by atomic mass is 10.1. The summed E-state index contributed by atoms with van der Waals surface area (Å²) in [5.74, 6) is -0.538. The van der Waals surface area contributed by atoms with E-state index in [0.717, 1.165) is 12.0 Å². The van der Waals surface area contributed by atoms with Crippen LogP contribution in [0.5, 0.6) is 0 Å². The van der Waals surface area contributed by atoms with Crippen molar-refractivity contribution in [2.45, 2.75) is 20.3 Å². The lowest BCUT2D eigenvalue weighted by Gasteiger charge is -1.94. The van der Waals surface area contributed by atoms with Gasteiger partial charge in [-0.2, -0.15) is 0 Å². The van der Waals surface area contributed by atoms with Gasteiger partial charge in [0.1, 0.15) is 0 Å². The molecule has 70 valence electrons. The van der Waals surface area contributed by atoms with Gasteiger partial charge >= 0.3 is 5.97 Å². The number of rotatable bonds is 3. The molecule has 0 spiro atoms. The Balaban J connectivity index is 2.97. The van der Waals surface area contributed by atoms with Crippen LogP contribution in [0.4, 0.5) is 0 Å². The van der Waals surface area contributed by atoms with Crippen LogP contribution in [-0.2, 0) is 0 Å². The molecule has 0 aliphatic rings. The standard InChI is InChI=1S/C9H11NO3/c1-3-6(4-2)8-5-7(9(11)12)10-13-8/h3,5H,4H2,1-2H3,(H,11,12)/b6-3+. The highest BCUT2D eigenvalue weighted by molar-refractivity contribution is 5.86. The van der Waals surface area contributed by atoms with E-state index >= 15 is 0 Å². The summed E-state index contributed by atoms with van der Waals surface area (Å²) in [5.41, 5.74) is 0.905. The number of allylic oxidation sites excluding steroid dienone is 2. The molecule has 0 unspecified atom stereocenters. The molecule has 0 aromatic carbocycles. The largest absolute Gasteiger partial charge is 0.476 e. The van der Waals surface area contributed by atoms with Gasteiger partial charge in [0.25, 0.3) is 0 Å². The van der Waals surface area contributed by atoms with Gasteiger partial charge in [0, 0.05) is 6.07 Å². The summed E-state index contributed by atoms with van der Waals surface area (Å²) in [4.78, 5) is 10.5. The molecule has 0 aliphatic heterocycles. The fraction of sp³-hybridized carbons (Fsp3) is 0.333. The lowest BCUT2D eigenvalue weighted by molar-refractivity contribution is 0.0685. The van der Waals surface area contributed by atoms with Gasteiger partial charge in [-0.05, 0) is 18.9 Å². The van der Waals surface area contributed by atoms with Crippen molar-refractivity contribution in [3.8, 4) is 0 Å². The van der Waals surface area contributed by atoms with Crippen LogP contribution in [0.25, 0.3) is 5.57 Å². The Kier molecular flexibility index (Phi) is 2.84. The fourth-order valence-corrected chi connectivity index (χ4v) is 1.05. The van der Waals surface area contributed by atoms with E-state index in [-0.39, 0.29) is 5.69 Å². The van der Waals surface area contributed by atoms with E-state index in [1.54, 1.807) is 0 Å². The molecular formula is C9H11NO3. The van der Waals surface area contributed by atoms with E-state index in [1.165, 1.54) is 6.07 Å². The highest BCUT2D eigenvalue weighted by Crippen LogP contribution is 2.18. The first kappa shape index (κ1) is 9.51. The van der Waals surface area contributed by atoms with Gasteiger partial charge in [-0.15, -0.1) is 0 Å². The van der Waals surface area contributed by atoms with Gasteiger partial charge in [0.15, 0.2) is 11.5 Å². The van der Waals surface area contributed by atoms with Crippen LogP contribution in [0.1, 0.15) is 36.5 Å². The minimum atomic E-state index is -1.07. The van der Waals surface area contributed by atoms with Crippen molar-refractivity contribution in [1.82, 2.24) is 5.16 Å². The third-order valence-electron chi connectivity index (χ3n) is 1.78. The van der Waals surface area contributed by atoms with Gasteiger partial charge in [-0.1, -0.05) is 18.2 Å². The number of aromatic nitrogens is 1. The van der Waals surface area contributed by atoms with Crippen LogP contribution < -0.4 is 0 Å². The van der Waals surface area contributed by atoms with E-state index in [9.17, 15) is 4.79 Å². The first-order valence-electron chi connectivity index (χ1n) is 4.04. The Morgan fingerprint density at radius 2 is 2.46 bits per heavy atom. The van der Waals surface area contributed by atoms with Crippen LogP contribution in [0, 0.1) is 0 Å². The molecule has 1 aromatic rings. The molecule has 1 rings (SSSR count). The van der Waals surface area contributed by atoms with Crippen molar-refractivity contribution in [3.63, 3.8) is 0 Å². The molecule has 4 heteroatoms. The maximum absolute atomic E-state index is 10.5. The van der Waals surface area contributed by atoms with Crippen LogP contribution in [-0.4, -0.2) is 16.2 Å². The molecule has 0 atom stereocenters. The molecule has 0 saturated carbocycles. The molecule has 0 aliphatic carbocycles. The molecule has 4 nitrogen and oxygen atoms in total. The number of hydrogen-bond donors (Lipinski definition) is 1. The second kappa shape index (κ2) is 3.89. The van der Waals surface area contributed by atoms with Gasteiger partial charge in [-0.25, -0.2) is 4.79 Å². The van der Waals surface area contributed by atoms with Crippen molar-refractivity contribution < 1.29 is 14.4 Å². The predicted molar refractivity (Wildman–Crippen MR) is 47.4 cm³/mol. The number of carboxylic acids is 1. The predicted octanol–water partition coefficient (Wildman–Crippen LogP) is 2.19. The van der Waals surface area contributed by atoms with Crippen molar-refractivity contribution in [2.75, 3.05) is 0 Å². The average Bonchev–Trinajstić information content (AvgIpc) is 2.56. The van der Waals surface area contributed by atoms with E-state index in [4.69, 9.17) is 9.63 Å². The highest BCUT2D eigenvalue weighted by Gasteiger charge is 2.11. The second-order valence-corrected chi connectivity index (χ2v) is 2.55. The first-order chi connectivity index (χ1) is 6.19. The summed E-state index contributed by atoms with van der Waals surface area (Å²) >= 11 is 0. The Morgan fingerprint density at radius 1 is 1.77 bits per heavy atom. The molecule has 0 saturated heterocycles. The number of hydrogen-bond acceptors (Lipinski definition) is 3. The van der Waals surface area contributed by atoms with Crippen molar-refractivity contribution in [1.29, 1.82) is 0 Å². The monoisotopic (exact) mass is 181 g/mol. The zero-order valence-corrected chi connectivity index (χ0v) is 7.57. The SMILES string of the molecule is C/C=C(\CC)c1cc(C(=O)O)no1. The molecule has 13 heavy (non-hydrogen) atoms. The molecule has 0 amide bonds. The highest BCUT2D eigenvalue weighted by atomic mass is 16.5. The van der Waals surface area contributed by atoms with E-state index in [0.29, 0.717) is 5.76 Å². The second-order valence-electron chi connectivity index (χ2n) is 2.55. The molecule has 0 fully saturated rings. The minimum absolute atomic E-state index is 0.0530. The number of carboxylic acid groups (broad SMARTS) is 1. The summed E-state index contributed by atoms with van der Waals surface area (Å²) in [5, 5.41) is 12.0. The Morgan fingerprint density at radius 3 is 2.85 bits per heavy atom. The number of nitrogens with zero attached hydrogens (tertiary/aromatic N) is 1. The van der Waals surface area contributed by atoms with Crippen molar-refractivity contribution in [3.05, 3.63) is 23.6 Å². The summed E-state index contributed by atoms with van der Waals surface area (Å²) < 4.78 is 4.87. The van der Waals surface area contributed by atoms with E-state index in [2.05, 4.69) is 5.16 Å². The zero-order valence-electron chi connectivity index (χ0n) is 7.57. The van der Waals surface area contributed by atoms with Gasteiger partial charge in [0.05, 0.1) is 0 Å². The van der Waals surface area contributed by atoms with Crippen LogP contribution >= 0.6 is 0 Å². The summed E-state index contributed by atoms with van der Waals surface area (Å²) in [6, 6.07) is 1.43. The van der Waals surface area contributed by atoms with Crippen LogP contribution in [0.2, 0.25) is 0 Å². The summed E-state index contributed by atoms with van der Waals surface area (Å²) in [6.07, 6.45) is 2.68. The van der Waals surface area contributed by atoms with Gasteiger partial charge in [0.2, 0.25) is 0 Å². The maximum atomic E-state index is 10.5.